The van der Waals surface area contributed by atoms with Gasteiger partial charge >= 0.3 is 0 Å². The number of piperidine rings is 4. The second-order valence-corrected chi connectivity index (χ2v) is 35.3. The number of aliphatic hydroxyl groups is 1. The minimum atomic E-state index is -0.299. The van der Waals surface area contributed by atoms with Gasteiger partial charge in [-0.05, 0) is 272 Å². The number of hydrogen-bond donors (Lipinski definition) is 2. The Morgan fingerprint density at radius 3 is 1.22 bits per heavy atom. The average Bonchev–Trinajstić information content (AvgIpc) is 1.20. The zero-order chi connectivity index (χ0) is 90.7. The van der Waals surface area contributed by atoms with E-state index in [2.05, 4.69) is 105 Å². The lowest BCUT2D eigenvalue weighted by molar-refractivity contribution is 0.0538. The van der Waals surface area contributed by atoms with Crippen LogP contribution in [0.2, 0.25) is 0 Å². The van der Waals surface area contributed by atoms with Crippen molar-refractivity contribution in [2.45, 2.75) is 177 Å². The Morgan fingerprint density at radius 1 is 0.400 bits per heavy atom. The highest BCUT2D eigenvalue weighted by atomic mass is 19.1. The summed E-state index contributed by atoms with van der Waals surface area (Å²) < 4.78 is 44.4. The highest BCUT2D eigenvalue weighted by Crippen LogP contribution is 2.36. The number of aliphatic hydroxyl groups excluding tert-OH is 1. The minimum absolute atomic E-state index is 0.0600. The number of rotatable bonds is 20. The van der Waals surface area contributed by atoms with Crippen molar-refractivity contribution in [3.63, 3.8) is 0 Å². The molecular weight excluding hydrogens is 1650 g/mol. The molecule has 32 heteroatoms. The van der Waals surface area contributed by atoms with Crippen LogP contribution in [0.5, 0.6) is 0 Å². The SMILES string of the molecule is CCc1nc(C)cn2nc(-c3cc(=O)n4cc(C5CCN(CCCF)CC5)ccc4n3)cc12.CCc1nc(C)cn2nc(-c3cc(=O)n4cc(C5CCN(CCF)CC5)ccc4n3)cc12.Cc1cn2nc(-c3cc(=O)n4cc(C5CCN(CCOCCO)[C@H](C)C5)cc(C)c4n3)cc2c(C)n1.Cc1cn2nc(-c3cc(=O)n4cc(C5CCNCC5)cc(C)c4n3)cc2c(C)n1. The van der Waals surface area contributed by atoms with Crippen LogP contribution in [-0.4, -0.2) is 220 Å². The maximum Gasteiger partial charge on any atom is 0.258 e. The molecule has 0 aromatic carbocycles. The molecule has 0 radical (unpaired) electrons. The Hall–Kier alpha value is -12.5. The van der Waals surface area contributed by atoms with Gasteiger partial charge in [0.1, 0.15) is 52.0 Å². The molecule has 676 valence electrons. The summed E-state index contributed by atoms with van der Waals surface area (Å²) in [5.74, 6) is 1.66. The Labute approximate surface area is 750 Å². The molecule has 130 heavy (non-hydrogen) atoms. The van der Waals surface area contributed by atoms with Gasteiger partial charge in [0.15, 0.2) is 0 Å². The van der Waals surface area contributed by atoms with Gasteiger partial charge in [-0.2, -0.15) is 20.4 Å². The van der Waals surface area contributed by atoms with Crippen LogP contribution in [0.15, 0.2) is 154 Å². The topological polar surface area (TPSA) is 309 Å². The lowest BCUT2D eigenvalue weighted by atomic mass is 9.86. The first-order chi connectivity index (χ1) is 62.9. The van der Waals surface area contributed by atoms with Gasteiger partial charge in [0.25, 0.3) is 22.2 Å². The summed E-state index contributed by atoms with van der Waals surface area (Å²) >= 11 is 0. The van der Waals surface area contributed by atoms with Crippen LogP contribution in [0.25, 0.3) is 90.2 Å². The van der Waals surface area contributed by atoms with Gasteiger partial charge < -0.3 is 25.0 Å². The fourth-order valence-corrected chi connectivity index (χ4v) is 19.2. The molecule has 4 saturated heterocycles. The van der Waals surface area contributed by atoms with E-state index in [4.69, 9.17) is 29.8 Å². The molecule has 0 aliphatic carbocycles. The number of hydrogen-bond acceptors (Lipinski definition) is 22. The Morgan fingerprint density at radius 2 is 0.792 bits per heavy atom. The molecule has 0 spiro atoms. The van der Waals surface area contributed by atoms with Crippen LogP contribution >= 0.6 is 0 Å². The lowest BCUT2D eigenvalue weighted by Gasteiger charge is -2.38. The predicted octanol–water partition coefficient (Wildman–Crippen LogP) is 12.9. The average molecular weight is 1760 g/mol. The fraction of sp³-hybridized carbons (Fsp3) is 0.429. The maximum absolute atomic E-state index is 13.2. The number of aryl methyl sites for hydroxylation is 10. The third-order valence-electron chi connectivity index (χ3n) is 26.0. The number of ether oxygens (including phenoxy) is 1. The standard InChI is InChI=1S/C27H34N6O3.C25H29FN6O.C24H27FN6O.C22H24N6O/c1-17-11-22(21-5-6-31(19(3)12-21)7-9-36-10-8-34)16-32-26(35)14-23(29-27(17)32)24-13-25-20(4)28-18(2)15-33(25)30-24;1-3-20-23-13-22(29-32(23)15-17(2)27-20)21-14-25(33)31-16-19(5-6-24(31)28-21)18-7-11-30(12-8-18)10-4-9-26;1-3-19-22-12-21(28-31(22)14-16(2)26-19)20-13-24(32)30-15-18(4-5-23(30)27-20)17-6-9-29(10-7-17)11-8-25;1-13-8-17(16-4-6-23-7-5-16)12-27-21(29)10-18(25-22(13)27)19-9-20-15(3)24-14(2)11-28(20)26-19/h11,13-16,19,21,34H,5-10,12H2,1-4H3;5-6,13-16,18H,3-4,7-12H2,1-2H3;4-5,12-15,17H,3,6-11H2,1-2H3;8-12,16,23H,4-7H2,1-3H3/t19-,21?;;;/m1.../s1. The molecule has 16 aromatic heterocycles. The maximum atomic E-state index is 13.2. The second-order valence-electron chi connectivity index (χ2n) is 35.3. The Kier molecular flexibility index (Phi) is 26.9. The number of nitrogens with zero attached hydrogens (tertiary/aromatic N) is 23. The summed E-state index contributed by atoms with van der Waals surface area (Å²) in [6.07, 6.45) is 25.8. The molecule has 16 aromatic rings. The van der Waals surface area contributed by atoms with Crippen LogP contribution in [0.1, 0.15) is 181 Å². The van der Waals surface area contributed by atoms with E-state index in [1.54, 1.807) is 46.4 Å². The van der Waals surface area contributed by atoms with Crippen LogP contribution in [0.3, 0.4) is 0 Å². The van der Waals surface area contributed by atoms with Crippen molar-refractivity contribution in [2.75, 3.05) is 98.6 Å². The van der Waals surface area contributed by atoms with Gasteiger partial charge in [0, 0.05) is 74.7 Å². The molecule has 0 amide bonds. The summed E-state index contributed by atoms with van der Waals surface area (Å²) in [4.78, 5) is 96.4. The molecular formula is C98H114F2N24O6. The van der Waals surface area contributed by atoms with Crippen molar-refractivity contribution >= 4 is 44.7 Å². The summed E-state index contributed by atoms with van der Waals surface area (Å²) in [6, 6.07) is 26.8. The lowest BCUT2D eigenvalue weighted by Crippen LogP contribution is -2.42. The summed E-state index contributed by atoms with van der Waals surface area (Å²) in [5.41, 5.74) is 24.9. The van der Waals surface area contributed by atoms with Crippen molar-refractivity contribution in [1.29, 1.82) is 0 Å². The molecule has 0 bridgehead atoms. The van der Waals surface area contributed by atoms with E-state index in [9.17, 15) is 28.0 Å². The quantitative estimate of drug-likeness (QED) is 0.0670. The predicted molar refractivity (Wildman–Crippen MR) is 500 cm³/mol. The number of halogens is 2. The number of pyridine rings is 4. The highest BCUT2D eigenvalue weighted by Gasteiger charge is 2.30. The zero-order valence-corrected chi connectivity index (χ0v) is 76.0. The van der Waals surface area contributed by atoms with Crippen molar-refractivity contribution in [3.8, 4) is 45.6 Å². The fourth-order valence-electron chi connectivity index (χ4n) is 19.2. The zero-order valence-electron chi connectivity index (χ0n) is 76.0. The number of likely N-dealkylation sites (tertiary alicyclic amines) is 3. The van der Waals surface area contributed by atoms with E-state index < -0.39 is 0 Å². The van der Waals surface area contributed by atoms with Crippen LogP contribution in [0.4, 0.5) is 8.78 Å². The van der Waals surface area contributed by atoms with Gasteiger partial charge in [0.2, 0.25) is 0 Å². The number of aromatic nitrogens is 20. The van der Waals surface area contributed by atoms with Crippen molar-refractivity contribution in [3.05, 3.63) is 255 Å². The van der Waals surface area contributed by atoms with E-state index in [1.165, 1.54) is 11.1 Å². The van der Waals surface area contributed by atoms with Crippen LogP contribution in [-0.2, 0) is 17.6 Å². The molecule has 2 N–H and O–H groups in total. The van der Waals surface area contributed by atoms with Gasteiger partial charge in [0.05, 0.1) is 142 Å². The first-order valence-electron chi connectivity index (χ1n) is 45.7. The van der Waals surface area contributed by atoms with E-state index in [-0.39, 0.29) is 42.2 Å². The summed E-state index contributed by atoms with van der Waals surface area (Å²) in [5, 5.41) is 30.9. The number of fused-ring (bicyclic) bond motifs is 8. The van der Waals surface area contributed by atoms with E-state index in [1.807, 2.05) is 155 Å². The second kappa shape index (κ2) is 39.1. The van der Waals surface area contributed by atoms with Crippen LogP contribution in [0, 0.1) is 55.4 Å². The molecule has 1 unspecified atom stereocenters. The van der Waals surface area contributed by atoms with Gasteiger partial charge in [-0.1, -0.05) is 38.1 Å². The van der Waals surface area contributed by atoms with Crippen molar-refractivity contribution in [1.82, 2.24) is 116 Å². The Bertz CT molecular complexity index is 7130. The molecule has 2 atom stereocenters. The number of nitrogens with one attached hydrogen (secondary N) is 1. The van der Waals surface area contributed by atoms with Crippen LogP contribution < -0.4 is 27.6 Å². The molecule has 30 nitrogen and oxygen atoms in total. The van der Waals surface area contributed by atoms with Gasteiger partial charge in [-0.15, -0.1) is 0 Å². The molecule has 4 aliphatic rings. The molecule has 20 rings (SSSR count). The molecule has 4 fully saturated rings. The highest BCUT2D eigenvalue weighted by molar-refractivity contribution is 5.71. The van der Waals surface area contributed by atoms with Crippen molar-refractivity contribution in [2.24, 2.45) is 0 Å². The molecule has 4 aliphatic heterocycles. The summed E-state index contributed by atoms with van der Waals surface area (Å²) in [6.45, 7) is 31.6. The normalized spacial score (nSPS) is 16.5. The largest absolute Gasteiger partial charge is 0.394 e. The smallest absolute Gasteiger partial charge is 0.258 e. The van der Waals surface area contributed by atoms with E-state index in [0.29, 0.717) is 124 Å². The Balaban J connectivity index is 0.000000122. The number of alkyl halides is 2. The first-order valence-corrected chi connectivity index (χ1v) is 45.7. The molecule has 20 heterocycles. The molecule has 0 saturated carbocycles. The van der Waals surface area contributed by atoms with Gasteiger partial charge in [-0.25, -0.2) is 42.4 Å². The van der Waals surface area contributed by atoms with Gasteiger partial charge in [-0.3, -0.25) is 66.0 Å². The third-order valence-corrected chi connectivity index (χ3v) is 26.0. The summed E-state index contributed by atoms with van der Waals surface area (Å²) in [7, 11) is 0. The third kappa shape index (κ3) is 19.4. The minimum Gasteiger partial charge on any atom is -0.394 e. The van der Waals surface area contributed by atoms with E-state index in [0.717, 1.165) is 213 Å². The first kappa shape index (κ1) is 89.5. The van der Waals surface area contributed by atoms with Crippen molar-refractivity contribution < 1.29 is 18.6 Å². The monoisotopic (exact) mass is 1760 g/mol. The van der Waals surface area contributed by atoms with E-state index >= 15 is 0 Å².